The molecule has 1 heterocycles. The molecule has 0 bridgehead atoms. The summed E-state index contributed by atoms with van der Waals surface area (Å²) in [5.41, 5.74) is 7.36. The van der Waals surface area contributed by atoms with Gasteiger partial charge in [-0.15, -0.1) is 0 Å². The Kier molecular flexibility index (Phi) is 5.12. The van der Waals surface area contributed by atoms with E-state index in [0.29, 0.717) is 5.92 Å². The monoisotopic (exact) mass is 278 g/mol. The Morgan fingerprint density at radius 2 is 1.80 bits per heavy atom. The number of methoxy groups -OCH3 is 2. The van der Waals surface area contributed by atoms with Gasteiger partial charge in [-0.3, -0.25) is 0 Å². The summed E-state index contributed by atoms with van der Waals surface area (Å²) in [4.78, 5) is 2.36. The average Bonchev–Trinajstić information content (AvgIpc) is 2.46. The molecule has 2 atom stereocenters. The number of rotatable bonds is 5. The molecule has 1 saturated heterocycles. The van der Waals surface area contributed by atoms with Crippen LogP contribution in [-0.4, -0.2) is 33.4 Å². The Hall–Kier alpha value is -1.42. The summed E-state index contributed by atoms with van der Waals surface area (Å²) in [5, 5.41) is 0. The van der Waals surface area contributed by atoms with Crippen molar-refractivity contribution in [3.63, 3.8) is 0 Å². The first-order valence-corrected chi connectivity index (χ1v) is 7.39. The molecule has 112 valence electrons. The highest BCUT2D eigenvalue weighted by molar-refractivity contribution is 5.56. The maximum absolute atomic E-state index is 6.22. The fourth-order valence-electron chi connectivity index (χ4n) is 3.05. The van der Waals surface area contributed by atoms with Gasteiger partial charge in [-0.1, -0.05) is 13.3 Å². The van der Waals surface area contributed by atoms with Crippen LogP contribution < -0.4 is 20.1 Å². The van der Waals surface area contributed by atoms with E-state index in [1.165, 1.54) is 12.8 Å². The molecule has 4 heteroatoms. The van der Waals surface area contributed by atoms with Gasteiger partial charge in [0.05, 0.1) is 14.2 Å². The summed E-state index contributed by atoms with van der Waals surface area (Å²) in [6, 6.07) is 6.27. The minimum atomic E-state index is 0.248. The number of ether oxygens (including phenoxy) is 2. The van der Waals surface area contributed by atoms with Gasteiger partial charge in [-0.2, -0.15) is 0 Å². The van der Waals surface area contributed by atoms with E-state index in [1.807, 2.05) is 6.07 Å². The third kappa shape index (κ3) is 3.57. The molecule has 2 N–H and O–H groups in total. The van der Waals surface area contributed by atoms with Crippen molar-refractivity contribution < 1.29 is 9.47 Å². The van der Waals surface area contributed by atoms with Gasteiger partial charge in [0.1, 0.15) is 11.5 Å². The molecule has 1 aromatic rings. The molecular weight excluding hydrogens is 252 g/mol. The van der Waals surface area contributed by atoms with Crippen LogP contribution in [0, 0.1) is 5.92 Å². The molecule has 0 radical (unpaired) electrons. The molecule has 0 spiro atoms. The molecule has 2 rings (SSSR count). The minimum absolute atomic E-state index is 0.248. The zero-order chi connectivity index (χ0) is 14.5. The Bertz CT molecular complexity index is 414. The first kappa shape index (κ1) is 15.0. The van der Waals surface area contributed by atoms with Crippen molar-refractivity contribution in [2.45, 2.75) is 32.2 Å². The van der Waals surface area contributed by atoms with Crippen molar-refractivity contribution in [2.75, 3.05) is 32.2 Å². The van der Waals surface area contributed by atoms with Crippen LogP contribution in [0.2, 0.25) is 0 Å². The van der Waals surface area contributed by atoms with E-state index in [1.54, 1.807) is 14.2 Å². The van der Waals surface area contributed by atoms with Crippen molar-refractivity contribution in [2.24, 2.45) is 11.7 Å². The topological polar surface area (TPSA) is 47.7 Å². The standard InChI is InChI=1S/C16H26N2O2/c1-4-5-12-6-13(17)11-18(10-12)14-7-15(19-2)9-16(8-14)20-3/h7-9,12-13H,4-6,10-11,17H2,1-3H3. The molecule has 20 heavy (non-hydrogen) atoms. The second-order valence-corrected chi connectivity index (χ2v) is 5.63. The maximum atomic E-state index is 6.22. The van der Waals surface area contributed by atoms with Crippen LogP contribution >= 0.6 is 0 Å². The molecule has 1 aliphatic rings. The first-order valence-electron chi connectivity index (χ1n) is 7.39. The summed E-state index contributed by atoms with van der Waals surface area (Å²) in [6.45, 7) is 4.20. The van der Waals surface area contributed by atoms with Crippen molar-refractivity contribution in [3.05, 3.63) is 18.2 Å². The molecular formula is C16H26N2O2. The number of nitrogens with two attached hydrogens (primary N) is 1. The van der Waals surface area contributed by atoms with Gasteiger partial charge < -0.3 is 20.1 Å². The molecule has 0 amide bonds. The molecule has 2 unspecified atom stereocenters. The molecule has 4 nitrogen and oxygen atoms in total. The van der Waals surface area contributed by atoms with Crippen molar-refractivity contribution in [1.82, 2.24) is 0 Å². The lowest BCUT2D eigenvalue weighted by atomic mass is 9.90. The second kappa shape index (κ2) is 6.84. The second-order valence-electron chi connectivity index (χ2n) is 5.63. The van der Waals surface area contributed by atoms with Crippen LogP contribution in [0.1, 0.15) is 26.2 Å². The lowest BCUT2D eigenvalue weighted by Crippen LogP contribution is -2.47. The summed E-state index contributed by atoms with van der Waals surface area (Å²) in [6.07, 6.45) is 3.59. The molecule has 1 aliphatic heterocycles. The normalized spacial score (nSPS) is 22.7. The zero-order valence-electron chi connectivity index (χ0n) is 12.8. The Labute approximate surface area is 121 Å². The highest BCUT2D eigenvalue weighted by Gasteiger charge is 2.25. The number of hydrogen-bond acceptors (Lipinski definition) is 4. The first-order chi connectivity index (χ1) is 9.66. The Morgan fingerprint density at radius 1 is 1.15 bits per heavy atom. The zero-order valence-corrected chi connectivity index (χ0v) is 12.8. The predicted molar refractivity (Wildman–Crippen MR) is 82.7 cm³/mol. The van der Waals surface area contributed by atoms with Crippen LogP contribution in [0.4, 0.5) is 5.69 Å². The minimum Gasteiger partial charge on any atom is -0.497 e. The van der Waals surface area contributed by atoms with Crippen LogP contribution in [0.25, 0.3) is 0 Å². The fourth-order valence-corrected chi connectivity index (χ4v) is 3.05. The highest BCUT2D eigenvalue weighted by atomic mass is 16.5. The van der Waals surface area contributed by atoms with Crippen molar-refractivity contribution >= 4 is 5.69 Å². The van der Waals surface area contributed by atoms with Crippen LogP contribution in [0.5, 0.6) is 11.5 Å². The molecule has 0 aliphatic carbocycles. The Morgan fingerprint density at radius 3 is 2.35 bits per heavy atom. The summed E-state index contributed by atoms with van der Waals surface area (Å²) < 4.78 is 10.7. The van der Waals surface area contributed by atoms with E-state index < -0.39 is 0 Å². The summed E-state index contributed by atoms with van der Waals surface area (Å²) >= 11 is 0. The van der Waals surface area contributed by atoms with E-state index in [0.717, 1.165) is 36.7 Å². The predicted octanol–water partition coefficient (Wildman–Crippen LogP) is 2.66. The van der Waals surface area contributed by atoms with E-state index in [4.69, 9.17) is 15.2 Å². The molecule has 1 fully saturated rings. The van der Waals surface area contributed by atoms with Gasteiger partial charge in [0.15, 0.2) is 0 Å². The van der Waals surface area contributed by atoms with E-state index in [-0.39, 0.29) is 6.04 Å². The van der Waals surface area contributed by atoms with Gasteiger partial charge in [0.25, 0.3) is 0 Å². The average molecular weight is 278 g/mol. The third-order valence-electron chi connectivity index (χ3n) is 3.97. The fraction of sp³-hybridized carbons (Fsp3) is 0.625. The number of hydrogen-bond donors (Lipinski definition) is 1. The number of piperidine rings is 1. The maximum Gasteiger partial charge on any atom is 0.124 e. The van der Waals surface area contributed by atoms with E-state index in [2.05, 4.69) is 24.0 Å². The largest absolute Gasteiger partial charge is 0.497 e. The SMILES string of the molecule is CCCC1CC(N)CN(c2cc(OC)cc(OC)c2)C1. The third-order valence-corrected chi connectivity index (χ3v) is 3.97. The lowest BCUT2D eigenvalue weighted by molar-refractivity contribution is 0.353. The van der Waals surface area contributed by atoms with Crippen molar-refractivity contribution in [3.8, 4) is 11.5 Å². The quantitative estimate of drug-likeness (QED) is 0.899. The van der Waals surface area contributed by atoms with Gasteiger partial charge in [-0.05, 0) is 18.8 Å². The Balaban J connectivity index is 2.20. The van der Waals surface area contributed by atoms with Crippen LogP contribution in [0.3, 0.4) is 0 Å². The van der Waals surface area contributed by atoms with Gasteiger partial charge >= 0.3 is 0 Å². The van der Waals surface area contributed by atoms with Crippen molar-refractivity contribution in [1.29, 1.82) is 0 Å². The number of nitrogens with zero attached hydrogens (tertiary/aromatic N) is 1. The van der Waals surface area contributed by atoms with Crippen LogP contribution in [0.15, 0.2) is 18.2 Å². The molecule has 1 aromatic carbocycles. The summed E-state index contributed by atoms with van der Waals surface area (Å²) in [5.74, 6) is 2.33. The molecule has 0 aromatic heterocycles. The van der Waals surface area contributed by atoms with Gasteiger partial charge in [0, 0.05) is 43.0 Å². The highest BCUT2D eigenvalue weighted by Crippen LogP contribution is 2.31. The van der Waals surface area contributed by atoms with Gasteiger partial charge in [0.2, 0.25) is 0 Å². The van der Waals surface area contributed by atoms with E-state index in [9.17, 15) is 0 Å². The van der Waals surface area contributed by atoms with E-state index >= 15 is 0 Å². The van der Waals surface area contributed by atoms with Crippen LogP contribution in [-0.2, 0) is 0 Å². The lowest BCUT2D eigenvalue weighted by Gasteiger charge is -2.38. The summed E-state index contributed by atoms with van der Waals surface area (Å²) in [7, 11) is 3.36. The molecule has 0 saturated carbocycles. The van der Waals surface area contributed by atoms with Gasteiger partial charge in [-0.25, -0.2) is 0 Å². The smallest absolute Gasteiger partial charge is 0.124 e. The number of benzene rings is 1. The number of anilines is 1.